The van der Waals surface area contributed by atoms with E-state index in [9.17, 15) is 13.2 Å². The summed E-state index contributed by atoms with van der Waals surface area (Å²) in [6.45, 7) is 4.63. The molecule has 0 saturated carbocycles. The Morgan fingerprint density at radius 3 is 2.45 bits per heavy atom. The molecule has 2 aliphatic heterocycles. The second-order valence-corrected chi connectivity index (χ2v) is 12.5. The molecule has 0 aromatic heterocycles. The van der Waals surface area contributed by atoms with E-state index in [2.05, 4.69) is 27.1 Å². The second-order valence-electron chi connectivity index (χ2n) is 10.8. The van der Waals surface area contributed by atoms with Crippen LogP contribution in [0.25, 0.3) is 10.8 Å². The van der Waals surface area contributed by atoms with Gasteiger partial charge in [0.25, 0.3) is 0 Å². The molecule has 1 saturated heterocycles. The van der Waals surface area contributed by atoms with Crippen molar-refractivity contribution in [3.05, 3.63) is 108 Å². The van der Waals surface area contributed by atoms with Crippen LogP contribution in [0.15, 0.2) is 95.9 Å². The van der Waals surface area contributed by atoms with Crippen molar-refractivity contribution in [2.75, 3.05) is 32.9 Å². The molecule has 42 heavy (non-hydrogen) atoms. The largest absolute Gasteiger partial charge is 0.493 e. The quantitative estimate of drug-likeness (QED) is 0.295. The number of morpholine rings is 1. The SMILES string of the molecule is O=C(CC(NS(=O)(=O)c1ccc2ccccc2c1)c1ccccc1)NC1CCOc2cc(CN3CCOCC3)ccc21. The van der Waals surface area contributed by atoms with Gasteiger partial charge >= 0.3 is 0 Å². The summed E-state index contributed by atoms with van der Waals surface area (Å²) in [6.07, 6.45) is 0.596. The molecule has 0 spiro atoms. The van der Waals surface area contributed by atoms with Gasteiger partial charge in [-0.2, -0.15) is 0 Å². The maximum Gasteiger partial charge on any atom is 0.241 e. The maximum absolute atomic E-state index is 13.5. The number of hydrogen-bond acceptors (Lipinski definition) is 6. The van der Waals surface area contributed by atoms with Crippen LogP contribution in [0.4, 0.5) is 0 Å². The van der Waals surface area contributed by atoms with Gasteiger partial charge in [0.1, 0.15) is 5.75 Å². The van der Waals surface area contributed by atoms with E-state index >= 15 is 0 Å². The van der Waals surface area contributed by atoms with E-state index in [1.54, 1.807) is 18.2 Å². The number of carbonyl (C=O) groups excluding carboxylic acids is 1. The van der Waals surface area contributed by atoms with Crippen LogP contribution in [-0.4, -0.2) is 52.1 Å². The Balaban J connectivity index is 1.17. The fraction of sp³-hybridized carbons (Fsp3) is 0.303. The number of ether oxygens (including phenoxy) is 2. The molecule has 0 radical (unpaired) electrons. The molecular formula is C33H35N3O5S. The van der Waals surface area contributed by atoms with Crippen LogP contribution in [0.2, 0.25) is 0 Å². The zero-order chi connectivity index (χ0) is 28.9. The summed E-state index contributed by atoms with van der Waals surface area (Å²) in [4.78, 5) is 15.9. The average molecular weight is 586 g/mol. The van der Waals surface area contributed by atoms with Crippen molar-refractivity contribution >= 4 is 26.7 Å². The van der Waals surface area contributed by atoms with Crippen LogP contribution in [0.1, 0.15) is 41.6 Å². The normalized spacial score (nSPS) is 18.1. The Kier molecular flexibility index (Phi) is 8.53. The van der Waals surface area contributed by atoms with Gasteiger partial charge in [0, 0.05) is 38.0 Å². The van der Waals surface area contributed by atoms with Crippen molar-refractivity contribution in [1.82, 2.24) is 14.9 Å². The van der Waals surface area contributed by atoms with Gasteiger partial charge in [0.2, 0.25) is 15.9 Å². The van der Waals surface area contributed by atoms with Crippen LogP contribution in [0, 0.1) is 0 Å². The molecule has 0 bridgehead atoms. The summed E-state index contributed by atoms with van der Waals surface area (Å²) in [6, 6.07) is 27.1. The van der Waals surface area contributed by atoms with E-state index in [1.165, 1.54) is 0 Å². The second kappa shape index (κ2) is 12.6. The van der Waals surface area contributed by atoms with Gasteiger partial charge in [-0.15, -0.1) is 0 Å². The van der Waals surface area contributed by atoms with E-state index in [0.29, 0.717) is 13.0 Å². The minimum Gasteiger partial charge on any atom is -0.493 e. The topological polar surface area (TPSA) is 97.0 Å². The summed E-state index contributed by atoms with van der Waals surface area (Å²) in [7, 11) is -3.91. The standard InChI is InChI=1S/C33H35N3O5S/c37-33(34-30-14-17-41-32-20-24(10-13-29(30)32)23-36-15-18-40-19-16-36)22-31(26-7-2-1-3-8-26)35-42(38,39)28-12-11-25-6-4-5-9-27(25)21-28/h1-13,20-21,30-31,35H,14-19,22-23H2,(H,34,37). The predicted molar refractivity (Wildman–Crippen MR) is 162 cm³/mol. The molecule has 8 nitrogen and oxygen atoms in total. The highest BCUT2D eigenvalue weighted by atomic mass is 32.2. The Morgan fingerprint density at radius 2 is 1.64 bits per heavy atom. The highest BCUT2D eigenvalue weighted by Crippen LogP contribution is 2.34. The lowest BCUT2D eigenvalue weighted by atomic mass is 9.97. The van der Waals surface area contributed by atoms with Crippen molar-refractivity contribution in [3.63, 3.8) is 0 Å². The van der Waals surface area contributed by atoms with Crippen molar-refractivity contribution in [2.45, 2.75) is 36.4 Å². The first-order valence-electron chi connectivity index (χ1n) is 14.4. The van der Waals surface area contributed by atoms with Gasteiger partial charge in [-0.3, -0.25) is 9.69 Å². The molecule has 1 fully saturated rings. The maximum atomic E-state index is 13.5. The number of amides is 1. The molecule has 1 amide bonds. The molecule has 2 N–H and O–H groups in total. The number of rotatable bonds is 9. The molecule has 9 heteroatoms. The zero-order valence-corrected chi connectivity index (χ0v) is 24.2. The monoisotopic (exact) mass is 585 g/mol. The van der Waals surface area contributed by atoms with Crippen LogP contribution >= 0.6 is 0 Å². The van der Waals surface area contributed by atoms with E-state index in [1.807, 2.05) is 60.7 Å². The van der Waals surface area contributed by atoms with Crippen LogP contribution in [0.3, 0.4) is 0 Å². The third-order valence-electron chi connectivity index (χ3n) is 7.88. The predicted octanol–water partition coefficient (Wildman–Crippen LogP) is 4.72. The smallest absolute Gasteiger partial charge is 0.241 e. The molecule has 6 rings (SSSR count). The number of benzene rings is 4. The summed E-state index contributed by atoms with van der Waals surface area (Å²) in [5.74, 6) is 0.550. The number of sulfonamides is 1. The number of nitrogens with zero attached hydrogens (tertiary/aromatic N) is 1. The molecule has 2 unspecified atom stereocenters. The van der Waals surface area contributed by atoms with Gasteiger partial charge in [-0.25, -0.2) is 13.1 Å². The van der Waals surface area contributed by atoms with Crippen molar-refractivity contribution < 1.29 is 22.7 Å². The third kappa shape index (κ3) is 6.65. The number of hydrogen-bond donors (Lipinski definition) is 2. The van der Waals surface area contributed by atoms with Crippen LogP contribution < -0.4 is 14.8 Å². The van der Waals surface area contributed by atoms with E-state index in [4.69, 9.17) is 9.47 Å². The van der Waals surface area contributed by atoms with Gasteiger partial charge in [0.05, 0.1) is 36.8 Å². The first-order valence-corrected chi connectivity index (χ1v) is 15.8. The van der Waals surface area contributed by atoms with Crippen LogP contribution in [-0.2, 0) is 26.1 Å². The highest BCUT2D eigenvalue weighted by molar-refractivity contribution is 7.89. The van der Waals surface area contributed by atoms with E-state index < -0.39 is 16.1 Å². The first-order chi connectivity index (χ1) is 20.4. The Labute approximate surface area is 246 Å². The minimum absolute atomic E-state index is 0.0430. The molecular weight excluding hydrogens is 550 g/mol. The summed E-state index contributed by atoms with van der Waals surface area (Å²) in [5.41, 5.74) is 2.82. The average Bonchev–Trinajstić information content (AvgIpc) is 3.01. The highest BCUT2D eigenvalue weighted by Gasteiger charge is 2.28. The fourth-order valence-electron chi connectivity index (χ4n) is 5.64. The summed E-state index contributed by atoms with van der Waals surface area (Å²) in [5, 5.41) is 4.94. The lowest BCUT2D eigenvalue weighted by molar-refractivity contribution is -0.122. The van der Waals surface area contributed by atoms with Crippen molar-refractivity contribution in [1.29, 1.82) is 0 Å². The molecule has 2 heterocycles. The Hall–Kier alpha value is -3.76. The van der Waals surface area contributed by atoms with Crippen molar-refractivity contribution in [2.24, 2.45) is 0 Å². The number of fused-ring (bicyclic) bond motifs is 2. The molecule has 4 aromatic carbocycles. The Bertz CT molecular complexity index is 1660. The molecule has 218 valence electrons. The Morgan fingerprint density at radius 1 is 0.881 bits per heavy atom. The van der Waals surface area contributed by atoms with E-state index in [-0.39, 0.29) is 23.3 Å². The van der Waals surface area contributed by atoms with Gasteiger partial charge in [-0.1, -0.05) is 72.8 Å². The number of nitrogens with one attached hydrogen (secondary N) is 2. The summed E-state index contributed by atoms with van der Waals surface area (Å²) >= 11 is 0. The lowest BCUT2D eigenvalue weighted by Gasteiger charge is -2.29. The molecule has 0 aliphatic carbocycles. The fourth-order valence-corrected chi connectivity index (χ4v) is 6.90. The van der Waals surface area contributed by atoms with Crippen LogP contribution in [0.5, 0.6) is 5.75 Å². The lowest BCUT2D eigenvalue weighted by Crippen LogP contribution is -2.37. The summed E-state index contributed by atoms with van der Waals surface area (Å²) < 4.78 is 41.2. The van der Waals surface area contributed by atoms with Crippen molar-refractivity contribution in [3.8, 4) is 5.75 Å². The zero-order valence-electron chi connectivity index (χ0n) is 23.4. The van der Waals surface area contributed by atoms with E-state index in [0.717, 1.165) is 66.1 Å². The molecule has 2 atom stereocenters. The molecule has 2 aliphatic rings. The number of carbonyl (C=O) groups is 1. The van der Waals surface area contributed by atoms with Gasteiger partial charge < -0.3 is 14.8 Å². The first kappa shape index (κ1) is 28.4. The van der Waals surface area contributed by atoms with Gasteiger partial charge in [-0.05, 0) is 40.1 Å². The third-order valence-corrected chi connectivity index (χ3v) is 9.35. The minimum atomic E-state index is -3.91. The van der Waals surface area contributed by atoms with Gasteiger partial charge in [0.15, 0.2) is 0 Å². The molecule has 4 aromatic rings.